The molecule has 0 spiro atoms. The van der Waals surface area contributed by atoms with E-state index in [-0.39, 0.29) is 30.3 Å². The fraction of sp³-hybridized carbons (Fsp3) is 0.387. The normalized spacial score (nSPS) is 16.2. The van der Waals surface area contributed by atoms with Gasteiger partial charge >= 0.3 is 0 Å². The summed E-state index contributed by atoms with van der Waals surface area (Å²) in [6.45, 7) is 4.18. The van der Waals surface area contributed by atoms with Gasteiger partial charge in [0.15, 0.2) is 0 Å². The van der Waals surface area contributed by atoms with Crippen LogP contribution in [0.3, 0.4) is 0 Å². The van der Waals surface area contributed by atoms with Crippen LogP contribution in [0, 0.1) is 6.92 Å². The lowest BCUT2D eigenvalue weighted by atomic mass is 9.95. The lowest BCUT2D eigenvalue weighted by molar-refractivity contribution is -0.140. The topological polar surface area (TPSA) is 69.7 Å². The molecule has 1 saturated carbocycles. The van der Waals surface area contributed by atoms with Crippen LogP contribution in [0.1, 0.15) is 66.9 Å². The molecule has 3 aromatic carbocycles. The van der Waals surface area contributed by atoms with Gasteiger partial charge < -0.3 is 10.2 Å². The van der Waals surface area contributed by atoms with Gasteiger partial charge in [-0.3, -0.25) is 19.3 Å². The minimum atomic E-state index is -0.605. The molecule has 0 bridgehead atoms. The number of carbonyl (C=O) groups is 3. The minimum absolute atomic E-state index is 0.104. The Kier molecular flexibility index (Phi) is 7.26. The second kappa shape index (κ2) is 10.8. The first-order chi connectivity index (χ1) is 18.0. The van der Waals surface area contributed by atoms with Crippen LogP contribution in [0.25, 0.3) is 10.8 Å². The highest BCUT2D eigenvalue weighted by Crippen LogP contribution is 2.37. The second-order valence-corrected chi connectivity index (χ2v) is 10.3. The Morgan fingerprint density at radius 1 is 1.00 bits per heavy atom. The molecule has 3 aromatic rings. The van der Waals surface area contributed by atoms with Crippen LogP contribution >= 0.6 is 0 Å². The molecule has 1 fully saturated rings. The molecular weight excluding hydrogens is 462 g/mol. The number of anilines is 1. The molecule has 6 nitrogen and oxygen atoms in total. The van der Waals surface area contributed by atoms with E-state index in [0.717, 1.165) is 53.3 Å². The fourth-order valence-corrected chi connectivity index (χ4v) is 5.72. The van der Waals surface area contributed by atoms with E-state index in [1.54, 1.807) is 9.80 Å². The van der Waals surface area contributed by atoms with Crippen molar-refractivity contribution in [1.82, 2.24) is 10.2 Å². The number of aryl methyl sites for hydroxylation is 1. The van der Waals surface area contributed by atoms with Crippen molar-refractivity contribution in [3.63, 3.8) is 0 Å². The predicted molar refractivity (Wildman–Crippen MR) is 146 cm³/mol. The van der Waals surface area contributed by atoms with Crippen LogP contribution in [-0.2, 0) is 16.1 Å². The molecule has 1 aliphatic carbocycles. The molecule has 2 aliphatic rings. The summed E-state index contributed by atoms with van der Waals surface area (Å²) in [7, 11) is 0. The molecule has 1 heterocycles. The maximum atomic E-state index is 13.9. The van der Waals surface area contributed by atoms with Crippen molar-refractivity contribution in [3.05, 3.63) is 77.4 Å². The van der Waals surface area contributed by atoms with Crippen LogP contribution < -0.4 is 10.2 Å². The van der Waals surface area contributed by atoms with Crippen LogP contribution in [0.5, 0.6) is 0 Å². The second-order valence-electron chi connectivity index (χ2n) is 10.3. The molecule has 0 saturated heterocycles. The number of benzene rings is 3. The van der Waals surface area contributed by atoms with Crippen molar-refractivity contribution in [3.8, 4) is 0 Å². The zero-order chi connectivity index (χ0) is 25.9. The predicted octanol–water partition coefficient (Wildman–Crippen LogP) is 5.36. The maximum absolute atomic E-state index is 13.9. The van der Waals surface area contributed by atoms with Crippen LogP contribution in [-0.4, -0.2) is 41.2 Å². The number of hydrogen-bond acceptors (Lipinski definition) is 3. The van der Waals surface area contributed by atoms with Gasteiger partial charge in [0, 0.05) is 23.5 Å². The van der Waals surface area contributed by atoms with Gasteiger partial charge in [0.2, 0.25) is 11.8 Å². The molecule has 0 unspecified atom stereocenters. The average molecular weight is 498 g/mol. The van der Waals surface area contributed by atoms with Gasteiger partial charge in [0.05, 0.1) is 5.69 Å². The Hall–Kier alpha value is -3.67. The summed E-state index contributed by atoms with van der Waals surface area (Å²) < 4.78 is 0. The first kappa shape index (κ1) is 25.0. The highest BCUT2D eigenvalue weighted by molar-refractivity contribution is 6.26. The molecule has 192 valence electrons. The van der Waals surface area contributed by atoms with E-state index in [1.165, 1.54) is 6.42 Å². The van der Waals surface area contributed by atoms with E-state index in [1.807, 2.05) is 74.5 Å². The molecule has 0 radical (unpaired) electrons. The molecular formula is C31H35N3O3. The molecule has 1 aliphatic heterocycles. The van der Waals surface area contributed by atoms with Gasteiger partial charge in [-0.2, -0.15) is 0 Å². The summed E-state index contributed by atoms with van der Waals surface area (Å²) in [5, 5.41) is 5.08. The molecule has 1 N–H and O–H groups in total. The van der Waals surface area contributed by atoms with E-state index in [2.05, 4.69) is 5.32 Å². The quantitative estimate of drug-likeness (QED) is 0.455. The van der Waals surface area contributed by atoms with Gasteiger partial charge in [-0.05, 0) is 49.3 Å². The third kappa shape index (κ3) is 5.10. The number of amides is 3. The monoisotopic (exact) mass is 497 g/mol. The standard InChI is InChI=1S/C31H35N3O3/c1-3-26(30(36)32-24-11-5-4-6-12-24)33(19-22-17-15-21(2)16-18-22)28(35)20-34-27-14-8-10-23-9-7-13-25(29(23)27)31(34)37/h7-10,13-18,24,26H,3-6,11-12,19-20H2,1-2H3,(H,32,36)/t26-/m1/s1. The zero-order valence-electron chi connectivity index (χ0n) is 21.7. The Morgan fingerprint density at radius 3 is 2.41 bits per heavy atom. The third-order valence-electron chi connectivity index (χ3n) is 7.75. The number of nitrogens with one attached hydrogen (secondary N) is 1. The van der Waals surface area contributed by atoms with E-state index in [4.69, 9.17) is 0 Å². The van der Waals surface area contributed by atoms with Crippen LogP contribution in [0.4, 0.5) is 5.69 Å². The Labute approximate surface area is 218 Å². The van der Waals surface area contributed by atoms with E-state index in [9.17, 15) is 14.4 Å². The largest absolute Gasteiger partial charge is 0.352 e. The van der Waals surface area contributed by atoms with Gasteiger partial charge in [-0.15, -0.1) is 0 Å². The van der Waals surface area contributed by atoms with Gasteiger partial charge in [0.25, 0.3) is 5.91 Å². The SMILES string of the molecule is CC[C@H](C(=O)NC1CCCCC1)N(Cc1ccc(C)cc1)C(=O)CN1C(=O)c2cccc3cccc1c23. The Balaban J connectivity index is 1.42. The number of carbonyl (C=O) groups excluding carboxylic acids is 3. The first-order valence-electron chi connectivity index (χ1n) is 13.4. The summed E-state index contributed by atoms with van der Waals surface area (Å²) in [5.74, 6) is -0.507. The van der Waals surface area contributed by atoms with E-state index < -0.39 is 6.04 Å². The highest BCUT2D eigenvalue weighted by Gasteiger charge is 2.35. The summed E-state index contributed by atoms with van der Waals surface area (Å²) in [6.07, 6.45) is 5.92. The van der Waals surface area contributed by atoms with Crippen molar-refractivity contribution in [1.29, 1.82) is 0 Å². The maximum Gasteiger partial charge on any atom is 0.259 e. The third-order valence-corrected chi connectivity index (χ3v) is 7.75. The first-order valence-corrected chi connectivity index (χ1v) is 13.4. The Bertz CT molecular complexity index is 1310. The number of hydrogen-bond donors (Lipinski definition) is 1. The van der Waals surface area contributed by atoms with Crippen molar-refractivity contribution in [2.45, 2.75) is 71.0 Å². The van der Waals surface area contributed by atoms with Crippen molar-refractivity contribution in [2.75, 3.05) is 11.4 Å². The summed E-state index contributed by atoms with van der Waals surface area (Å²) in [5.41, 5.74) is 3.47. The van der Waals surface area contributed by atoms with Gasteiger partial charge in [0.1, 0.15) is 12.6 Å². The number of nitrogens with zero attached hydrogens (tertiary/aromatic N) is 2. The Morgan fingerprint density at radius 2 is 1.70 bits per heavy atom. The van der Waals surface area contributed by atoms with E-state index >= 15 is 0 Å². The summed E-state index contributed by atoms with van der Waals surface area (Å²) in [6, 6.07) is 19.0. The summed E-state index contributed by atoms with van der Waals surface area (Å²) in [4.78, 5) is 44.0. The smallest absolute Gasteiger partial charge is 0.259 e. The van der Waals surface area contributed by atoms with Gasteiger partial charge in [-0.25, -0.2) is 0 Å². The lowest BCUT2D eigenvalue weighted by Crippen LogP contribution is -2.53. The zero-order valence-corrected chi connectivity index (χ0v) is 21.7. The van der Waals surface area contributed by atoms with Crippen LogP contribution in [0.2, 0.25) is 0 Å². The highest BCUT2D eigenvalue weighted by atomic mass is 16.2. The van der Waals surface area contributed by atoms with Gasteiger partial charge in [-0.1, -0.05) is 80.3 Å². The van der Waals surface area contributed by atoms with E-state index in [0.29, 0.717) is 18.5 Å². The average Bonchev–Trinajstić information content (AvgIpc) is 3.18. The fourth-order valence-electron chi connectivity index (χ4n) is 5.72. The molecule has 1 atom stereocenters. The van der Waals surface area contributed by atoms with Crippen LogP contribution in [0.15, 0.2) is 60.7 Å². The molecule has 37 heavy (non-hydrogen) atoms. The van der Waals surface area contributed by atoms with Crippen molar-refractivity contribution in [2.24, 2.45) is 0 Å². The molecule has 3 amide bonds. The molecule has 5 rings (SSSR count). The van der Waals surface area contributed by atoms with Crippen molar-refractivity contribution < 1.29 is 14.4 Å². The molecule has 6 heteroatoms. The lowest BCUT2D eigenvalue weighted by Gasteiger charge is -2.34. The molecule has 0 aromatic heterocycles. The van der Waals surface area contributed by atoms with Crippen molar-refractivity contribution >= 4 is 34.2 Å². The summed E-state index contributed by atoms with van der Waals surface area (Å²) >= 11 is 0. The minimum Gasteiger partial charge on any atom is -0.352 e. The number of rotatable bonds is 8.